The number of likely N-dealkylation sites (N-methyl/N-ethyl adjacent to an activating group) is 1. The van der Waals surface area contributed by atoms with Crippen molar-refractivity contribution in [2.24, 2.45) is 11.7 Å². The van der Waals surface area contributed by atoms with Crippen LogP contribution in [0.15, 0.2) is 0 Å². The summed E-state index contributed by atoms with van der Waals surface area (Å²) in [6, 6.07) is 0.177. The first-order valence-corrected chi connectivity index (χ1v) is 6.12. The fourth-order valence-corrected chi connectivity index (χ4v) is 2.21. The van der Waals surface area contributed by atoms with Crippen LogP contribution in [-0.4, -0.2) is 55.0 Å². The van der Waals surface area contributed by atoms with Crippen molar-refractivity contribution in [3.8, 4) is 0 Å². The molecular formula is C12H27Cl2N3O. The van der Waals surface area contributed by atoms with Gasteiger partial charge < -0.3 is 15.5 Å². The third kappa shape index (κ3) is 5.74. The highest BCUT2D eigenvalue weighted by Crippen LogP contribution is 2.15. The third-order valence-corrected chi connectivity index (χ3v) is 3.25. The van der Waals surface area contributed by atoms with Crippen LogP contribution in [0.4, 0.5) is 0 Å². The number of halogens is 2. The molecule has 2 unspecified atom stereocenters. The van der Waals surface area contributed by atoms with E-state index in [0.29, 0.717) is 12.0 Å². The van der Waals surface area contributed by atoms with E-state index in [4.69, 9.17) is 5.73 Å². The molecule has 0 radical (unpaired) electrons. The molecule has 4 nitrogen and oxygen atoms in total. The molecule has 0 aromatic carbocycles. The number of hydrogen-bond donors (Lipinski definition) is 1. The van der Waals surface area contributed by atoms with Gasteiger partial charge in [-0.15, -0.1) is 24.8 Å². The first kappa shape index (κ1) is 20.3. The van der Waals surface area contributed by atoms with Gasteiger partial charge in [-0.1, -0.05) is 13.8 Å². The number of hydrogen-bond acceptors (Lipinski definition) is 3. The average Bonchev–Trinajstić information content (AvgIpc) is 2.64. The van der Waals surface area contributed by atoms with E-state index in [9.17, 15) is 4.79 Å². The summed E-state index contributed by atoms with van der Waals surface area (Å²) in [5.41, 5.74) is 5.91. The first-order chi connectivity index (χ1) is 7.41. The van der Waals surface area contributed by atoms with Gasteiger partial charge in [0, 0.05) is 19.1 Å². The van der Waals surface area contributed by atoms with Crippen LogP contribution in [0.5, 0.6) is 0 Å². The van der Waals surface area contributed by atoms with E-state index in [-0.39, 0.29) is 36.8 Å². The molecule has 0 bridgehead atoms. The lowest BCUT2D eigenvalue weighted by molar-refractivity contribution is -0.132. The minimum Gasteiger partial charge on any atom is -0.340 e. The highest BCUT2D eigenvalue weighted by atomic mass is 35.5. The first-order valence-electron chi connectivity index (χ1n) is 6.12. The highest BCUT2D eigenvalue weighted by Gasteiger charge is 2.30. The summed E-state index contributed by atoms with van der Waals surface area (Å²) in [6.07, 6.45) is 1.84. The second kappa shape index (κ2) is 8.97. The number of amides is 1. The average molecular weight is 300 g/mol. The Morgan fingerprint density at radius 2 is 1.94 bits per heavy atom. The van der Waals surface area contributed by atoms with Gasteiger partial charge in [0.15, 0.2) is 0 Å². The molecule has 1 aliphatic heterocycles. The lowest BCUT2D eigenvalue weighted by Gasteiger charge is -2.23. The maximum atomic E-state index is 12.0. The number of rotatable bonds is 4. The lowest BCUT2D eigenvalue weighted by Crippen LogP contribution is -2.44. The molecule has 6 heteroatoms. The van der Waals surface area contributed by atoms with Gasteiger partial charge in [-0.25, -0.2) is 0 Å². The molecular weight excluding hydrogens is 273 g/mol. The molecule has 0 spiro atoms. The van der Waals surface area contributed by atoms with Crippen molar-refractivity contribution in [2.45, 2.75) is 38.8 Å². The Morgan fingerprint density at radius 3 is 2.33 bits per heavy atom. The molecule has 2 atom stereocenters. The monoisotopic (exact) mass is 299 g/mol. The molecule has 1 aliphatic rings. The summed E-state index contributed by atoms with van der Waals surface area (Å²) in [6.45, 7) is 5.88. The molecule has 2 N–H and O–H groups in total. The fraction of sp³-hybridized carbons (Fsp3) is 0.917. The Morgan fingerprint density at radius 1 is 1.39 bits per heavy atom. The fourth-order valence-electron chi connectivity index (χ4n) is 2.21. The number of nitrogens with zero attached hydrogens (tertiary/aromatic N) is 2. The Kier molecular flexibility index (Phi) is 10.1. The minimum atomic E-state index is -0.319. The van der Waals surface area contributed by atoms with Crippen molar-refractivity contribution < 1.29 is 4.79 Å². The molecule has 18 heavy (non-hydrogen) atoms. The van der Waals surface area contributed by atoms with E-state index in [0.717, 1.165) is 25.9 Å². The van der Waals surface area contributed by atoms with E-state index < -0.39 is 0 Å². The molecule has 0 aromatic rings. The van der Waals surface area contributed by atoms with Crippen molar-refractivity contribution in [1.29, 1.82) is 0 Å². The van der Waals surface area contributed by atoms with Crippen LogP contribution in [0, 0.1) is 5.92 Å². The van der Waals surface area contributed by atoms with Gasteiger partial charge in [0.05, 0.1) is 6.04 Å². The molecule has 0 aromatic heterocycles. The van der Waals surface area contributed by atoms with Crippen LogP contribution < -0.4 is 5.73 Å². The van der Waals surface area contributed by atoms with Crippen LogP contribution >= 0.6 is 24.8 Å². The van der Waals surface area contributed by atoms with Gasteiger partial charge in [-0.3, -0.25) is 4.79 Å². The van der Waals surface area contributed by atoms with Gasteiger partial charge >= 0.3 is 0 Å². The van der Waals surface area contributed by atoms with Crippen molar-refractivity contribution in [3.63, 3.8) is 0 Å². The molecule has 1 rings (SSSR count). The van der Waals surface area contributed by atoms with Crippen LogP contribution in [0.1, 0.15) is 26.7 Å². The SMILES string of the molecule is CC(C)CC(N)C(=O)N1CCC(N(C)C)C1.Cl.Cl. The van der Waals surface area contributed by atoms with E-state index in [2.05, 4.69) is 32.8 Å². The normalized spacial score (nSPS) is 20.6. The Balaban J connectivity index is 0. The van der Waals surface area contributed by atoms with Crippen LogP contribution in [-0.2, 0) is 4.79 Å². The molecule has 0 aliphatic carbocycles. The van der Waals surface area contributed by atoms with Gasteiger partial charge in [0.2, 0.25) is 5.91 Å². The van der Waals surface area contributed by atoms with E-state index >= 15 is 0 Å². The number of nitrogens with two attached hydrogens (primary N) is 1. The van der Waals surface area contributed by atoms with Crippen molar-refractivity contribution >= 4 is 30.7 Å². The van der Waals surface area contributed by atoms with E-state index in [1.807, 2.05) is 4.90 Å². The topological polar surface area (TPSA) is 49.6 Å². The van der Waals surface area contributed by atoms with Crippen LogP contribution in [0.3, 0.4) is 0 Å². The summed E-state index contributed by atoms with van der Waals surface area (Å²) in [4.78, 5) is 16.1. The maximum absolute atomic E-state index is 12.0. The van der Waals surface area contributed by atoms with Gasteiger partial charge in [0.25, 0.3) is 0 Å². The molecule has 110 valence electrons. The Bertz CT molecular complexity index is 249. The summed E-state index contributed by atoms with van der Waals surface area (Å²) in [5.74, 6) is 0.601. The summed E-state index contributed by atoms with van der Waals surface area (Å²) in [7, 11) is 4.12. The maximum Gasteiger partial charge on any atom is 0.239 e. The highest BCUT2D eigenvalue weighted by molar-refractivity contribution is 5.85. The second-order valence-corrected chi connectivity index (χ2v) is 5.43. The zero-order valence-electron chi connectivity index (χ0n) is 11.8. The van der Waals surface area contributed by atoms with Crippen molar-refractivity contribution in [1.82, 2.24) is 9.80 Å². The second-order valence-electron chi connectivity index (χ2n) is 5.43. The number of carbonyl (C=O) groups is 1. The standard InChI is InChI=1S/C12H25N3O.2ClH/c1-9(2)7-11(13)12(16)15-6-5-10(8-15)14(3)4;;/h9-11H,5-8,13H2,1-4H3;2*1H. The Hall–Kier alpha value is -0.0300. The van der Waals surface area contributed by atoms with Gasteiger partial charge in [0.1, 0.15) is 0 Å². The van der Waals surface area contributed by atoms with Gasteiger partial charge in [-0.2, -0.15) is 0 Å². The molecule has 1 saturated heterocycles. The number of likely N-dealkylation sites (tertiary alicyclic amines) is 1. The Labute approximate surface area is 123 Å². The van der Waals surface area contributed by atoms with E-state index in [1.54, 1.807) is 0 Å². The molecule has 1 amide bonds. The van der Waals surface area contributed by atoms with Crippen LogP contribution in [0.2, 0.25) is 0 Å². The lowest BCUT2D eigenvalue weighted by atomic mass is 10.0. The summed E-state index contributed by atoms with van der Waals surface area (Å²) in [5, 5.41) is 0. The quantitative estimate of drug-likeness (QED) is 0.853. The van der Waals surface area contributed by atoms with Crippen LogP contribution in [0.25, 0.3) is 0 Å². The zero-order chi connectivity index (χ0) is 12.3. The van der Waals surface area contributed by atoms with Gasteiger partial charge in [-0.05, 0) is 32.9 Å². The number of carbonyl (C=O) groups excluding carboxylic acids is 1. The predicted molar refractivity (Wildman–Crippen MR) is 80.6 cm³/mol. The predicted octanol–water partition coefficient (Wildman–Crippen LogP) is 1.37. The molecule has 0 saturated carbocycles. The van der Waals surface area contributed by atoms with Crippen molar-refractivity contribution in [3.05, 3.63) is 0 Å². The minimum absolute atomic E-state index is 0. The summed E-state index contributed by atoms with van der Waals surface area (Å²) >= 11 is 0. The summed E-state index contributed by atoms with van der Waals surface area (Å²) < 4.78 is 0. The third-order valence-electron chi connectivity index (χ3n) is 3.25. The molecule has 1 fully saturated rings. The van der Waals surface area contributed by atoms with E-state index in [1.165, 1.54) is 0 Å². The molecule has 1 heterocycles. The largest absolute Gasteiger partial charge is 0.340 e. The zero-order valence-corrected chi connectivity index (χ0v) is 13.4. The smallest absolute Gasteiger partial charge is 0.239 e. The van der Waals surface area contributed by atoms with Crippen molar-refractivity contribution in [2.75, 3.05) is 27.2 Å².